The summed E-state index contributed by atoms with van der Waals surface area (Å²) in [5, 5.41) is 3.41. The van der Waals surface area contributed by atoms with E-state index < -0.39 is 0 Å². The van der Waals surface area contributed by atoms with Gasteiger partial charge in [0.1, 0.15) is 0 Å². The quantitative estimate of drug-likeness (QED) is 0.755. The summed E-state index contributed by atoms with van der Waals surface area (Å²) < 4.78 is 0. The Balaban J connectivity index is 2.04. The third-order valence-electron chi connectivity index (χ3n) is 3.75. The molecule has 0 unspecified atom stereocenters. The highest BCUT2D eigenvalue weighted by Crippen LogP contribution is 2.22. The molecule has 0 saturated carbocycles. The van der Waals surface area contributed by atoms with Gasteiger partial charge in [0.05, 0.1) is 10.0 Å². The fraction of sp³-hybridized carbons (Fsp3) is 0.211. The maximum absolute atomic E-state index is 12.2. The van der Waals surface area contributed by atoms with E-state index in [-0.39, 0.29) is 30.7 Å². The summed E-state index contributed by atoms with van der Waals surface area (Å²) >= 11 is 11.7. The molecule has 26 heavy (non-hydrogen) atoms. The van der Waals surface area contributed by atoms with Gasteiger partial charge in [0.2, 0.25) is 5.91 Å². The van der Waals surface area contributed by atoms with Crippen molar-refractivity contribution >= 4 is 46.5 Å². The summed E-state index contributed by atoms with van der Waals surface area (Å²) in [5.41, 5.74) is 1.51. The minimum Gasteiger partial charge on any atom is -0.350 e. The molecule has 7 heteroatoms. The Morgan fingerprint density at radius 1 is 0.962 bits per heavy atom. The van der Waals surface area contributed by atoms with Crippen LogP contribution in [-0.2, 0) is 4.79 Å². The number of Topliss-reactive ketones (excluding diaryl/α,β-unsaturated/α-hetero) is 1. The number of hydrogen-bond donors (Lipinski definition) is 1. The average Bonchev–Trinajstić information content (AvgIpc) is 2.60. The van der Waals surface area contributed by atoms with Gasteiger partial charge in [-0.2, -0.15) is 0 Å². The molecular formula is C19H18Cl2N2O3. The summed E-state index contributed by atoms with van der Waals surface area (Å²) in [6.45, 7) is 3.41. The third-order valence-corrected chi connectivity index (χ3v) is 4.49. The lowest BCUT2D eigenvalue weighted by Gasteiger charge is -2.22. The van der Waals surface area contributed by atoms with Gasteiger partial charge in [0.15, 0.2) is 5.78 Å². The smallest absolute Gasteiger partial charge is 0.251 e. The lowest BCUT2D eigenvalue weighted by atomic mass is 10.1. The van der Waals surface area contributed by atoms with Gasteiger partial charge < -0.3 is 10.2 Å². The van der Waals surface area contributed by atoms with E-state index in [2.05, 4.69) is 5.32 Å². The summed E-state index contributed by atoms with van der Waals surface area (Å²) in [5.74, 6) is -0.581. The molecule has 0 atom stereocenters. The molecule has 5 nitrogen and oxygen atoms in total. The summed E-state index contributed by atoms with van der Waals surface area (Å²) in [4.78, 5) is 37.2. The molecule has 2 amide bonds. The van der Waals surface area contributed by atoms with Gasteiger partial charge in [-0.05, 0) is 37.3 Å². The topological polar surface area (TPSA) is 66.5 Å². The number of nitrogens with zero attached hydrogens (tertiary/aromatic N) is 1. The highest BCUT2D eigenvalue weighted by atomic mass is 35.5. The van der Waals surface area contributed by atoms with Crippen LogP contribution in [0.15, 0.2) is 42.5 Å². The zero-order valence-corrected chi connectivity index (χ0v) is 15.9. The number of hydrogen-bond acceptors (Lipinski definition) is 3. The molecule has 0 aromatic heterocycles. The second-order valence-corrected chi connectivity index (χ2v) is 6.48. The number of halogens is 2. The van der Waals surface area contributed by atoms with E-state index in [9.17, 15) is 14.4 Å². The Labute approximate surface area is 161 Å². The van der Waals surface area contributed by atoms with Crippen molar-refractivity contribution in [1.82, 2.24) is 5.32 Å². The lowest BCUT2D eigenvalue weighted by Crippen LogP contribution is -2.37. The molecule has 0 aliphatic heterocycles. The first-order valence-corrected chi connectivity index (χ1v) is 8.67. The lowest BCUT2D eigenvalue weighted by molar-refractivity contribution is -0.116. The first kappa shape index (κ1) is 19.9. The standard InChI is InChI=1S/C19H18Cl2N2O3/c1-12(24)14-4-3-5-16(10-14)23(13(2)25)9-8-22-19(26)15-6-7-17(20)18(21)11-15/h3-7,10-11H,8-9H2,1-2H3,(H,22,26). The number of amides is 2. The number of nitrogens with one attached hydrogen (secondary N) is 1. The van der Waals surface area contributed by atoms with Crippen molar-refractivity contribution in [2.24, 2.45) is 0 Å². The van der Waals surface area contributed by atoms with Gasteiger partial charge in [0, 0.05) is 36.8 Å². The summed E-state index contributed by atoms with van der Waals surface area (Å²) in [6, 6.07) is 11.4. The molecule has 0 bridgehead atoms. The summed E-state index contributed by atoms with van der Waals surface area (Å²) in [6.07, 6.45) is 0. The minimum atomic E-state index is -0.315. The molecule has 2 aromatic carbocycles. The van der Waals surface area contributed by atoms with Crippen LogP contribution in [0.5, 0.6) is 0 Å². The molecule has 0 spiro atoms. The molecular weight excluding hydrogens is 375 g/mol. The Kier molecular flexibility index (Phi) is 6.77. The normalized spacial score (nSPS) is 10.3. The predicted molar refractivity (Wildman–Crippen MR) is 103 cm³/mol. The van der Waals surface area contributed by atoms with E-state index in [0.717, 1.165) is 0 Å². The van der Waals surface area contributed by atoms with Crippen LogP contribution in [0.3, 0.4) is 0 Å². The fourth-order valence-corrected chi connectivity index (χ4v) is 2.68. The van der Waals surface area contributed by atoms with Gasteiger partial charge >= 0.3 is 0 Å². The van der Waals surface area contributed by atoms with Crippen LogP contribution in [0.25, 0.3) is 0 Å². The number of carbonyl (C=O) groups excluding carboxylic acids is 3. The molecule has 0 heterocycles. The number of benzene rings is 2. The SMILES string of the molecule is CC(=O)c1cccc(N(CCNC(=O)c2ccc(Cl)c(Cl)c2)C(C)=O)c1. The predicted octanol–water partition coefficient (Wildman–Crippen LogP) is 3.98. The van der Waals surface area contributed by atoms with Crippen molar-refractivity contribution in [1.29, 1.82) is 0 Å². The van der Waals surface area contributed by atoms with Crippen LogP contribution >= 0.6 is 23.2 Å². The van der Waals surface area contributed by atoms with Crippen LogP contribution in [0.1, 0.15) is 34.6 Å². The van der Waals surface area contributed by atoms with Crippen molar-refractivity contribution in [3.63, 3.8) is 0 Å². The van der Waals surface area contributed by atoms with E-state index in [0.29, 0.717) is 26.9 Å². The number of rotatable bonds is 6. The molecule has 2 rings (SSSR count). The largest absolute Gasteiger partial charge is 0.350 e. The maximum Gasteiger partial charge on any atom is 0.251 e. The highest BCUT2D eigenvalue weighted by molar-refractivity contribution is 6.42. The number of carbonyl (C=O) groups is 3. The molecule has 0 radical (unpaired) electrons. The molecule has 0 saturated heterocycles. The van der Waals surface area contributed by atoms with Crippen molar-refractivity contribution in [3.05, 3.63) is 63.6 Å². The van der Waals surface area contributed by atoms with E-state index in [1.165, 1.54) is 24.8 Å². The second kappa shape index (κ2) is 8.83. The van der Waals surface area contributed by atoms with Crippen LogP contribution in [0, 0.1) is 0 Å². The van der Waals surface area contributed by atoms with Gasteiger partial charge in [-0.25, -0.2) is 0 Å². The molecule has 0 fully saturated rings. The van der Waals surface area contributed by atoms with E-state index in [1.807, 2.05) is 0 Å². The van der Waals surface area contributed by atoms with E-state index in [1.54, 1.807) is 36.4 Å². The Morgan fingerprint density at radius 2 is 1.69 bits per heavy atom. The van der Waals surface area contributed by atoms with Crippen molar-refractivity contribution in [2.75, 3.05) is 18.0 Å². The van der Waals surface area contributed by atoms with Crippen molar-refractivity contribution < 1.29 is 14.4 Å². The zero-order chi connectivity index (χ0) is 19.3. The third kappa shape index (κ3) is 5.07. The van der Waals surface area contributed by atoms with Crippen molar-refractivity contribution in [2.45, 2.75) is 13.8 Å². The van der Waals surface area contributed by atoms with Crippen LogP contribution in [0.4, 0.5) is 5.69 Å². The minimum absolute atomic E-state index is 0.0803. The first-order chi connectivity index (χ1) is 12.3. The van der Waals surface area contributed by atoms with Gasteiger partial charge in [-0.1, -0.05) is 35.3 Å². The van der Waals surface area contributed by atoms with Gasteiger partial charge in [-0.15, -0.1) is 0 Å². The van der Waals surface area contributed by atoms with E-state index >= 15 is 0 Å². The highest BCUT2D eigenvalue weighted by Gasteiger charge is 2.14. The average molecular weight is 393 g/mol. The van der Waals surface area contributed by atoms with Crippen molar-refractivity contribution in [3.8, 4) is 0 Å². The molecule has 1 N–H and O–H groups in total. The Bertz CT molecular complexity index is 852. The Hall–Kier alpha value is -2.37. The molecule has 2 aromatic rings. The monoisotopic (exact) mass is 392 g/mol. The van der Waals surface area contributed by atoms with Crippen LogP contribution < -0.4 is 10.2 Å². The van der Waals surface area contributed by atoms with E-state index in [4.69, 9.17) is 23.2 Å². The summed E-state index contributed by atoms with van der Waals surface area (Å²) in [7, 11) is 0. The molecule has 0 aliphatic rings. The second-order valence-electron chi connectivity index (χ2n) is 5.66. The molecule has 0 aliphatic carbocycles. The fourth-order valence-electron chi connectivity index (χ4n) is 2.38. The number of ketones is 1. The first-order valence-electron chi connectivity index (χ1n) is 7.92. The number of anilines is 1. The Morgan fingerprint density at radius 3 is 2.31 bits per heavy atom. The van der Waals surface area contributed by atoms with Gasteiger partial charge in [0.25, 0.3) is 5.91 Å². The maximum atomic E-state index is 12.2. The molecule has 136 valence electrons. The zero-order valence-electron chi connectivity index (χ0n) is 14.4. The van der Waals surface area contributed by atoms with Crippen LogP contribution in [-0.4, -0.2) is 30.7 Å². The van der Waals surface area contributed by atoms with Gasteiger partial charge in [-0.3, -0.25) is 14.4 Å². The van der Waals surface area contributed by atoms with Crippen LogP contribution in [0.2, 0.25) is 10.0 Å².